The number of fused-ring (bicyclic) bond motifs is 1. The van der Waals surface area contributed by atoms with Crippen LogP contribution in [0.2, 0.25) is 0 Å². The Balaban J connectivity index is 1.61. The number of para-hydroxylation sites is 1. The fourth-order valence-corrected chi connectivity index (χ4v) is 3.87. The lowest BCUT2D eigenvalue weighted by atomic mass is 10.0. The maximum atomic E-state index is 13.3. The van der Waals surface area contributed by atoms with E-state index in [2.05, 4.69) is 21.7 Å². The van der Waals surface area contributed by atoms with Crippen LogP contribution in [-0.2, 0) is 0 Å². The number of nitriles is 1. The van der Waals surface area contributed by atoms with Gasteiger partial charge in [-0.25, -0.2) is 15.1 Å². The zero-order chi connectivity index (χ0) is 25.1. The predicted octanol–water partition coefficient (Wildman–Crippen LogP) is 4.74. The minimum atomic E-state index is -0.414. The number of aromatic nitrogens is 3. The number of hydrogen-bond donors (Lipinski definition) is 2. The van der Waals surface area contributed by atoms with E-state index in [1.54, 1.807) is 59.3 Å². The second-order valence-corrected chi connectivity index (χ2v) is 8.07. The number of benzene rings is 3. The van der Waals surface area contributed by atoms with Crippen LogP contribution in [0, 0.1) is 18.3 Å². The Bertz CT molecular complexity index is 1630. The number of phenols is 1. The van der Waals surface area contributed by atoms with E-state index < -0.39 is 5.91 Å². The standard InChI is InChI=1S/C28H20N6O2/c1-18-26-24(28(36)32-30-17-20-9-13-23(35)14-10-20)15-25(21-11-7-19(16-29)8-12-21)31-27(26)34(33-18)22-5-3-2-4-6-22/h2-15,17,35H,1H3,(H,32,36)/b30-17-. The molecule has 5 rings (SSSR count). The molecule has 2 aromatic heterocycles. The van der Waals surface area contributed by atoms with Crippen molar-refractivity contribution >= 4 is 23.2 Å². The van der Waals surface area contributed by atoms with E-state index in [0.717, 1.165) is 16.8 Å². The summed E-state index contributed by atoms with van der Waals surface area (Å²) in [5.41, 5.74) is 7.55. The minimum Gasteiger partial charge on any atom is -0.508 e. The van der Waals surface area contributed by atoms with Gasteiger partial charge >= 0.3 is 0 Å². The molecule has 0 aliphatic heterocycles. The number of rotatable bonds is 5. The molecule has 0 bridgehead atoms. The molecular weight excluding hydrogens is 452 g/mol. The first-order valence-electron chi connectivity index (χ1n) is 11.1. The van der Waals surface area contributed by atoms with E-state index in [9.17, 15) is 9.90 Å². The lowest BCUT2D eigenvalue weighted by Crippen LogP contribution is -2.18. The summed E-state index contributed by atoms with van der Waals surface area (Å²) in [5, 5.41) is 28.0. The number of phenolic OH excluding ortho intramolecular Hbond substituents is 1. The van der Waals surface area contributed by atoms with Gasteiger partial charge in [-0.05, 0) is 67.1 Å². The molecule has 0 atom stereocenters. The monoisotopic (exact) mass is 472 g/mol. The van der Waals surface area contributed by atoms with Crippen LogP contribution in [0.5, 0.6) is 5.75 Å². The number of aromatic hydroxyl groups is 1. The van der Waals surface area contributed by atoms with Crippen molar-refractivity contribution in [1.29, 1.82) is 5.26 Å². The number of nitrogens with one attached hydrogen (secondary N) is 1. The minimum absolute atomic E-state index is 0.150. The van der Waals surface area contributed by atoms with E-state index in [0.29, 0.717) is 33.5 Å². The van der Waals surface area contributed by atoms with Gasteiger partial charge in [0.05, 0.1) is 45.9 Å². The molecule has 8 nitrogen and oxygen atoms in total. The number of hydrazone groups is 1. The Hall–Kier alpha value is -5.29. The Labute approximate surface area is 206 Å². The van der Waals surface area contributed by atoms with Gasteiger partial charge in [0.1, 0.15) is 5.75 Å². The summed E-state index contributed by atoms with van der Waals surface area (Å²) < 4.78 is 1.72. The highest BCUT2D eigenvalue weighted by atomic mass is 16.3. The summed E-state index contributed by atoms with van der Waals surface area (Å²) in [6, 6.07) is 26.9. The topological polar surface area (TPSA) is 116 Å². The number of hydrogen-bond acceptors (Lipinski definition) is 6. The molecule has 2 N–H and O–H groups in total. The van der Waals surface area contributed by atoms with E-state index in [1.807, 2.05) is 37.3 Å². The van der Waals surface area contributed by atoms with Crippen molar-refractivity contribution in [3.8, 4) is 28.8 Å². The van der Waals surface area contributed by atoms with Crippen molar-refractivity contribution in [1.82, 2.24) is 20.2 Å². The summed E-state index contributed by atoms with van der Waals surface area (Å²) in [6.45, 7) is 1.83. The third-order valence-electron chi connectivity index (χ3n) is 5.64. The van der Waals surface area contributed by atoms with Gasteiger partial charge in [0.15, 0.2) is 5.65 Å². The van der Waals surface area contributed by atoms with Gasteiger partial charge < -0.3 is 5.11 Å². The smallest absolute Gasteiger partial charge is 0.272 e. The summed E-state index contributed by atoms with van der Waals surface area (Å²) >= 11 is 0. The summed E-state index contributed by atoms with van der Waals surface area (Å²) in [7, 11) is 0. The predicted molar refractivity (Wildman–Crippen MR) is 137 cm³/mol. The average Bonchev–Trinajstić information content (AvgIpc) is 3.26. The molecule has 0 spiro atoms. The second-order valence-electron chi connectivity index (χ2n) is 8.07. The van der Waals surface area contributed by atoms with E-state index >= 15 is 0 Å². The molecule has 0 saturated heterocycles. The molecule has 8 heteroatoms. The van der Waals surface area contributed by atoms with Crippen molar-refractivity contribution in [3.05, 3.63) is 107 Å². The Kier molecular flexibility index (Phi) is 5.95. The van der Waals surface area contributed by atoms with E-state index in [4.69, 9.17) is 10.2 Å². The third-order valence-corrected chi connectivity index (χ3v) is 5.64. The number of amides is 1. The van der Waals surface area contributed by atoms with Crippen molar-refractivity contribution in [2.24, 2.45) is 5.10 Å². The molecule has 5 aromatic rings. The lowest BCUT2D eigenvalue weighted by molar-refractivity contribution is 0.0956. The van der Waals surface area contributed by atoms with Crippen molar-refractivity contribution in [2.75, 3.05) is 0 Å². The number of carbonyl (C=O) groups excluding carboxylic acids is 1. The van der Waals surface area contributed by atoms with Gasteiger partial charge in [-0.15, -0.1) is 0 Å². The fraction of sp³-hybridized carbons (Fsp3) is 0.0357. The molecule has 3 aromatic carbocycles. The van der Waals surface area contributed by atoms with Gasteiger partial charge in [0, 0.05) is 5.56 Å². The maximum absolute atomic E-state index is 13.3. The average molecular weight is 473 g/mol. The van der Waals surface area contributed by atoms with Gasteiger partial charge in [0.2, 0.25) is 0 Å². The Morgan fingerprint density at radius 1 is 1.06 bits per heavy atom. The molecule has 0 unspecified atom stereocenters. The molecule has 1 amide bonds. The quantitative estimate of drug-likeness (QED) is 0.283. The Morgan fingerprint density at radius 3 is 2.47 bits per heavy atom. The Morgan fingerprint density at radius 2 is 1.78 bits per heavy atom. The maximum Gasteiger partial charge on any atom is 0.272 e. The first-order valence-corrected chi connectivity index (χ1v) is 11.1. The van der Waals surface area contributed by atoms with Gasteiger partial charge in [-0.1, -0.05) is 30.3 Å². The first-order chi connectivity index (χ1) is 17.5. The number of carbonyl (C=O) groups is 1. The molecule has 0 fully saturated rings. The molecule has 0 aliphatic rings. The molecule has 0 aliphatic carbocycles. The lowest BCUT2D eigenvalue weighted by Gasteiger charge is -2.09. The van der Waals surface area contributed by atoms with Crippen LogP contribution in [-0.4, -0.2) is 32.0 Å². The third kappa shape index (κ3) is 4.41. The van der Waals surface area contributed by atoms with Crippen molar-refractivity contribution in [2.45, 2.75) is 6.92 Å². The zero-order valence-electron chi connectivity index (χ0n) is 19.3. The van der Waals surface area contributed by atoms with Gasteiger partial charge in [-0.2, -0.15) is 15.5 Å². The summed E-state index contributed by atoms with van der Waals surface area (Å²) in [6.07, 6.45) is 1.50. The van der Waals surface area contributed by atoms with Crippen LogP contribution in [0.15, 0.2) is 90.0 Å². The van der Waals surface area contributed by atoms with E-state index in [-0.39, 0.29) is 5.75 Å². The molecule has 174 valence electrons. The fourth-order valence-electron chi connectivity index (χ4n) is 3.87. The second kappa shape index (κ2) is 9.52. The number of aryl methyl sites for hydroxylation is 1. The molecule has 0 saturated carbocycles. The summed E-state index contributed by atoms with van der Waals surface area (Å²) in [5.74, 6) is -0.264. The first kappa shape index (κ1) is 22.5. The van der Waals surface area contributed by atoms with Crippen molar-refractivity contribution in [3.63, 3.8) is 0 Å². The van der Waals surface area contributed by atoms with Gasteiger partial charge in [0.25, 0.3) is 5.91 Å². The van der Waals surface area contributed by atoms with Gasteiger partial charge in [-0.3, -0.25) is 4.79 Å². The highest BCUT2D eigenvalue weighted by Gasteiger charge is 2.21. The molecular formula is C28H20N6O2. The van der Waals surface area contributed by atoms with E-state index in [1.165, 1.54) is 6.21 Å². The van der Waals surface area contributed by atoms with Crippen LogP contribution >= 0.6 is 0 Å². The SMILES string of the molecule is Cc1nn(-c2ccccc2)c2nc(-c3ccc(C#N)cc3)cc(C(=O)N/N=C\c3ccc(O)cc3)c12. The van der Waals surface area contributed by atoms with Crippen molar-refractivity contribution < 1.29 is 9.90 Å². The molecule has 36 heavy (non-hydrogen) atoms. The van der Waals surface area contributed by atoms with Crippen LogP contribution in [0.1, 0.15) is 27.2 Å². The van der Waals surface area contributed by atoms with Crippen LogP contribution in [0.4, 0.5) is 0 Å². The molecule has 0 radical (unpaired) electrons. The summed E-state index contributed by atoms with van der Waals surface area (Å²) in [4.78, 5) is 18.2. The number of nitrogens with zero attached hydrogens (tertiary/aromatic N) is 5. The molecule has 2 heterocycles. The van der Waals surface area contributed by atoms with Crippen LogP contribution in [0.3, 0.4) is 0 Å². The number of pyridine rings is 1. The highest BCUT2D eigenvalue weighted by molar-refractivity contribution is 6.08. The highest BCUT2D eigenvalue weighted by Crippen LogP contribution is 2.29. The van der Waals surface area contributed by atoms with Crippen LogP contribution < -0.4 is 5.43 Å². The zero-order valence-corrected chi connectivity index (χ0v) is 19.3. The largest absolute Gasteiger partial charge is 0.508 e. The van der Waals surface area contributed by atoms with Crippen LogP contribution in [0.25, 0.3) is 28.0 Å². The normalized spacial score (nSPS) is 11.0.